The molecule has 4 aliphatic heterocycles. The zero-order chi connectivity index (χ0) is 72.7. The molecule has 0 saturated heterocycles. The van der Waals surface area contributed by atoms with Gasteiger partial charge >= 0.3 is 0 Å². The van der Waals surface area contributed by atoms with Crippen LogP contribution < -0.4 is 19.6 Å². The largest absolute Gasteiger partial charge is 0.344 e. The SMILES string of the molecule is CC.CC.CC.CC.CC.CC.CC.CC.CN1c2cc3ccccc3cc2CCc2ccc3ccccc3c21.CN1c2ccccc2CCc2c1ccc1ccccc21.CN1c2ccccc2CCc2cc3ccccc3cc21.CN1c2ccccc2CCc2ccc3ccccc3c21. The molecular formula is C96H118N4. The number of benzene rings is 13. The predicted octanol–water partition coefficient (Wildman–Crippen LogP) is 28.2. The molecule has 0 atom stereocenters. The van der Waals surface area contributed by atoms with Crippen molar-refractivity contribution < 1.29 is 0 Å². The van der Waals surface area contributed by atoms with E-state index in [9.17, 15) is 0 Å². The number of para-hydroxylation sites is 3. The second kappa shape index (κ2) is 41.1. The summed E-state index contributed by atoms with van der Waals surface area (Å²) in [5.41, 5.74) is 22.3. The lowest BCUT2D eigenvalue weighted by Crippen LogP contribution is -2.11. The van der Waals surface area contributed by atoms with Gasteiger partial charge in [0.2, 0.25) is 0 Å². The molecule has 0 unspecified atom stereocenters. The molecule has 0 fully saturated rings. The standard InChI is InChI=1S/C23H19N.3C19H17N.8C2H6/c1-24-22-15-19-8-3-2-7-18(19)14-20(22)13-12-17-11-10-16-6-4-5-9-21(16)23(17)24;1-20-18-9-5-3-7-15(18)10-12-17-16-8-4-2-6-14(16)11-13-19(17)20;1-20-18-9-5-3-7-15(18)11-13-16-12-10-14-6-2-4-8-17(14)19(16)20;1-20-18-9-5-4-6-14(18)10-11-17-12-15-7-2-3-8-16(15)13-19(17)20;8*1-2/h2-11,14-15H,12-13H2,1H3;2-9,11,13H,10,12H2,1H3;2-10,12H,11,13H2,1H3;2-9,12-13H,10-11H2,1H3;8*1-2H3. The molecular weight excluding hydrogens is 1210 g/mol. The molecule has 0 radical (unpaired) electrons. The second-order valence-corrected chi connectivity index (χ2v) is 23.2. The van der Waals surface area contributed by atoms with Crippen molar-refractivity contribution in [1.82, 2.24) is 0 Å². The highest BCUT2D eigenvalue weighted by molar-refractivity contribution is 6.01. The summed E-state index contributed by atoms with van der Waals surface area (Å²) in [4.78, 5) is 9.43. The van der Waals surface area contributed by atoms with Crippen molar-refractivity contribution in [2.45, 2.75) is 162 Å². The van der Waals surface area contributed by atoms with Gasteiger partial charge in [-0.05, 0) is 187 Å². The zero-order valence-electron chi connectivity index (χ0n) is 64.7. The summed E-state index contributed by atoms with van der Waals surface area (Å²) in [5, 5.41) is 13.4. The molecule has 0 saturated carbocycles. The van der Waals surface area contributed by atoms with Crippen molar-refractivity contribution in [1.29, 1.82) is 0 Å². The van der Waals surface area contributed by atoms with E-state index in [1.54, 1.807) is 0 Å². The molecule has 13 aromatic rings. The molecule has 0 spiro atoms. The Balaban J connectivity index is 0.000000197. The Bertz CT molecular complexity index is 4580. The van der Waals surface area contributed by atoms with Gasteiger partial charge in [-0.1, -0.05) is 317 Å². The lowest BCUT2D eigenvalue weighted by Gasteiger charge is -2.24. The Kier molecular flexibility index (Phi) is 32.6. The minimum Gasteiger partial charge on any atom is -0.344 e. The van der Waals surface area contributed by atoms with E-state index in [0.717, 1.165) is 51.4 Å². The first kappa shape index (κ1) is 79.3. The van der Waals surface area contributed by atoms with Gasteiger partial charge in [0, 0.05) is 73.1 Å². The Morgan fingerprint density at radius 1 is 0.180 bits per heavy atom. The molecule has 0 bridgehead atoms. The number of anilines is 8. The molecule has 4 nitrogen and oxygen atoms in total. The summed E-state index contributed by atoms with van der Waals surface area (Å²) in [5.74, 6) is 0. The molecule has 17 rings (SSSR count). The van der Waals surface area contributed by atoms with Crippen LogP contribution in [-0.4, -0.2) is 28.2 Å². The molecule has 0 aromatic heterocycles. The molecule has 0 N–H and O–H groups in total. The second-order valence-electron chi connectivity index (χ2n) is 23.2. The summed E-state index contributed by atoms with van der Waals surface area (Å²) in [6.07, 6.45) is 8.87. The first-order chi connectivity index (χ1) is 49.3. The van der Waals surface area contributed by atoms with Crippen LogP contribution in [0.1, 0.15) is 155 Å². The summed E-state index contributed by atoms with van der Waals surface area (Å²) in [6.45, 7) is 32.0. The van der Waals surface area contributed by atoms with Crippen LogP contribution in [0.4, 0.5) is 45.5 Å². The number of hydrogen-bond acceptors (Lipinski definition) is 4. The maximum Gasteiger partial charge on any atom is 0.0520 e. The summed E-state index contributed by atoms with van der Waals surface area (Å²) >= 11 is 0. The lowest BCUT2D eigenvalue weighted by atomic mass is 9.98. The number of rotatable bonds is 0. The highest BCUT2D eigenvalue weighted by Gasteiger charge is 2.24. The van der Waals surface area contributed by atoms with E-state index in [-0.39, 0.29) is 0 Å². The molecule has 0 aliphatic carbocycles. The van der Waals surface area contributed by atoms with Crippen LogP contribution in [-0.2, 0) is 51.4 Å². The third-order valence-corrected chi connectivity index (χ3v) is 18.3. The van der Waals surface area contributed by atoms with E-state index in [4.69, 9.17) is 0 Å². The monoisotopic (exact) mass is 1330 g/mol. The normalized spacial score (nSPS) is 12.0. The third kappa shape index (κ3) is 18.0. The molecule has 4 aliphatic rings. The Labute approximate surface area is 605 Å². The van der Waals surface area contributed by atoms with Gasteiger partial charge in [-0.25, -0.2) is 0 Å². The van der Waals surface area contributed by atoms with E-state index < -0.39 is 0 Å². The Hall–Kier alpha value is -9.64. The van der Waals surface area contributed by atoms with Gasteiger partial charge in [0.1, 0.15) is 0 Å². The quantitative estimate of drug-likeness (QED) is 0.150. The fourth-order valence-corrected chi connectivity index (χ4v) is 14.0. The van der Waals surface area contributed by atoms with E-state index in [2.05, 4.69) is 303 Å². The number of aryl methyl sites for hydroxylation is 8. The van der Waals surface area contributed by atoms with E-state index in [1.165, 1.54) is 144 Å². The highest BCUT2D eigenvalue weighted by Crippen LogP contribution is 2.44. The van der Waals surface area contributed by atoms with Crippen LogP contribution in [0.25, 0.3) is 53.9 Å². The fraction of sp³-hybridized carbons (Fsp3) is 0.292. The van der Waals surface area contributed by atoms with Crippen molar-refractivity contribution in [2.24, 2.45) is 0 Å². The van der Waals surface area contributed by atoms with Crippen LogP contribution in [0.3, 0.4) is 0 Å². The molecule has 522 valence electrons. The molecule has 100 heavy (non-hydrogen) atoms. The van der Waals surface area contributed by atoms with Crippen molar-refractivity contribution in [3.8, 4) is 0 Å². The highest BCUT2D eigenvalue weighted by atomic mass is 15.1. The summed E-state index contributed by atoms with van der Waals surface area (Å²) in [7, 11) is 8.76. The molecule has 4 heterocycles. The molecule has 4 heteroatoms. The van der Waals surface area contributed by atoms with Crippen molar-refractivity contribution in [3.05, 3.63) is 299 Å². The average Bonchev–Trinajstić information content (AvgIpc) is 1.49. The van der Waals surface area contributed by atoms with E-state index >= 15 is 0 Å². The van der Waals surface area contributed by atoms with E-state index in [1.807, 2.05) is 111 Å². The van der Waals surface area contributed by atoms with Gasteiger partial charge < -0.3 is 19.6 Å². The molecule has 0 amide bonds. The predicted molar refractivity (Wildman–Crippen MR) is 452 cm³/mol. The van der Waals surface area contributed by atoms with Gasteiger partial charge in [-0.2, -0.15) is 0 Å². The topological polar surface area (TPSA) is 13.0 Å². The Morgan fingerprint density at radius 2 is 0.440 bits per heavy atom. The van der Waals surface area contributed by atoms with Gasteiger partial charge in [-0.3, -0.25) is 0 Å². The fourth-order valence-electron chi connectivity index (χ4n) is 14.0. The summed E-state index contributed by atoms with van der Waals surface area (Å²) < 4.78 is 0. The maximum absolute atomic E-state index is 2.40. The first-order valence-electron chi connectivity index (χ1n) is 38.1. The van der Waals surface area contributed by atoms with Crippen LogP contribution in [0.15, 0.2) is 255 Å². The molecule has 13 aromatic carbocycles. The van der Waals surface area contributed by atoms with E-state index in [0.29, 0.717) is 0 Å². The van der Waals surface area contributed by atoms with Crippen LogP contribution in [0.5, 0.6) is 0 Å². The van der Waals surface area contributed by atoms with Gasteiger partial charge in [0.25, 0.3) is 0 Å². The number of nitrogens with zero attached hydrogens (tertiary/aromatic N) is 4. The zero-order valence-corrected chi connectivity index (χ0v) is 64.7. The van der Waals surface area contributed by atoms with Crippen molar-refractivity contribution >= 4 is 99.4 Å². The minimum atomic E-state index is 1.09. The van der Waals surface area contributed by atoms with Crippen LogP contribution in [0.2, 0.25) is 0 Å². The van der Waals surface area contributed by atoms with Crippen molar-refractivity contribution in [2.75, 3.05) is 47.8 Å². The number of fused-ring (bicyclic) bond motifs is 16. The first-order valence-corrected chi connectivity index (χ1v) is 38.1. The van der Waals surface area contributed by atoms with Gasteiger partial charge in [-0.15, -0.1) is 0 Å². The van der Waals surface area contributed by atoms with Crippen molar-refractivity contribution in [3.63, 3.8) is 0 Å². The minimum absolute atomic E-state index is 1.09. The Morgan fingerprint density at radius 3 is 0.850 bits per heavy atom. The summed E-state index contributed by atoms with van der Waals surface area (Å²) in [6, 6.07) is 92.6. The smallest absolute Gasteiger partial charge is 0.0520 e. The third-order valence-electron chi connectivity index (χ3n) is 18.3. The maximum atomic E-state index is 2.40. The average molecular weight is 1330 g/mol. The van der Waals surface area contributed by atoms with Crippen LogP contribution >= 0.6 is 0 Å². The lowest BCUT2D eigenvalue weighted by molar-refractivity contribution is 0.979. The van der Waals surface area contributed by atoms with Crippen LogP contribution in [0, 0.1) is 0 Å². The van der Waals surface area contributed by atoms with Gasteiger partial charge in [0.15, 0.2) is 0 Å². The van der Waals surface area contributed by atoms with Gasteiger partial charge in [0.05, 0.1) is 11.4 Å². The number of hydrogen-bond donors (Lipinski definition) is 0.